The van der Waals surface area contributed by atoms with Crippen molar-refractivity contribution in [3.05, 3.63) is 64.9 Å². The van der Waals surface area contributed by atoms with E-state index in [2.05, 4.69) is 20.6 Å². The van der Waals surface area contributed by atoms with Gasteiger partial charge in [-0.15, -0.1) is 4.83 Å². The molecule has 0 unspecified atom stereocenters. The highest BCUT2D eigenvalue weighted by molar-refractivity contribution is 7.89. The highest BCUT2D eigenvalue weighted by Crippen LogP contribution is 2.19. The van der Waals surface area contributed by atoms with Crippen molar-refractivity contribution in [1.29, 1.82) is 0 Å². The summed E-state index contributed by atoms with van der Waals surface area (Å²) in [7, 11) is -4.22. The van der Waals surface area contributed by atoms with Crippen LogP contribution in [0.25, 0.3) is 0 Å². The average molecular weight is 528 g/mol. The van der Waals surface area contributed by atoms with Crippen molar-refractivity contribution in [3.8, 4) is 0 Å². The molecule has 0 aliphatic carbocycles. The normalized spacial score (nSPS) is 13.0. The molecule has 190 valence electrons. The van der Waals surface area contributed by atoms with Crippen molar-refractivity contribution in [3.63, 3.8) is 0 Å². The number of guanidine groups is 1. The number of rotatable bonds is 13. The topological polar surface area (TPSA) is 195 Å². The van der Waals surface area contributed by atoms with Gasteiger partial charge in [0.1, 0.15) is 17.9 Å². The van der Waals surface area contributed by atoms with Gasteiger partial charge in [-0.1, -0.05) is 41.9 Å². The lowest BCUT2D eigenvalue weighted by Gasteiger charge is -2.22. The maximum atomic E-state index is 13.4. The van der Waals surface area contributed by atoms with Crippen LogP contribution < -0.4 is 32.8 Å². The third-order valence-corrected chi connectivity index (χ3v) is 6.32. The first kappa shape index (κ1) is 28.0. The molecule has 2 amide bonds. The summed E-state index contributed by atoms with van der Waals surface area (Å²) in [6.07, 6.45) is 0.529. The molecule has 0 saturated carbocycles. The number of carbonyl (C=O) groups is 2. The van der Waals surface area contributed by atoms with Gasteiger partial charge < -0.3 is 22.5 Å². The van der Waals surface area contributed by atoms with E-state index in [9.17, 15) is 22.4 Å². The molecule has 35 heavy (non-hydrogen) atoms. The summed E-state index contributed by atoms with van der Waals surface area (Å²) in [6, 6.07) is 9.57. The minimum Gasteiger partial charge on any atom is -0.370 e. The van der Waals surface area contributed by atoms with Gasteiger partial charge in [-0.05, 0) is 36.6 Å². The second-order valence-corrected chi connectivity index (χ2v) is 9.57. The molecule has 2 aromatic carbocycles. The van der Waals surface area contributed by atoms with Crippen LogP contribution in [0.3, 0.4) is 0 Å². The number of hydrogen-bond donors (Lipinski definition) is 6. The Hall–Kier alpha value is -3.26. The zero-order chi connectivity index (χ0) is 26.0. The van der Waals surface area contributed by atoms with E-state index in [1.807, 2.05) is 0 Å². The van der Waals surface area contributed by atoms with Crippen LogP contribution in [0.4, 0.5) is 4.39 Å². The highest BCUT2D eigenvalue weighted by Gasteiger charge is 2.26. The third-order valence-electron chi connectivity index (χ3n) is 4.77. The summed E-state index contributed by atoms with van der Waals surface area (Å²) in [6.45, 7) is 0.178. The molecular formula is C21H27ClFN7O4S. The fourth-order valence-corrected chi connectivity index (χ4v) is 4.15. The average Bonchev–Trinajstić information content (AvgIpc) is 2.80. The first-order valence-corrected chi connectivity index (χ1v) is 12.3. The van der Waals surface area contributed by atoms with E-state index in [1.54, 1.807) is 30.3 Å². The molecule has 2 atom stereocenters. The van der Waals surface area contributed by atoms with E-state index >= 15 is 0 Å². The smallest absolute Gasteiger partial charge is 0.253 e. The van der Waals surface area contributed by atoms with E-state index in [-0.39, 0.29) is 35.3 Å². The van der Waals surface area contributed by atoms with Gasteiger partial charge >= 0.3 is 0 Å². The standard InChI is InChI=1S/C21H27ClFN7O4S/c22-15-12-14(8-9-16(15)23)35(33,34)30-29-17(7-4-10-27-21(25)26)20(32)28-18(19(24)31)11-13-5-2-1-3-6-13/h1-3,5-6,8-9,12,17-18,29-30H,4,7,10-11H2,(H2,24,31)(H,28,32)(H4,25,26,27)/t17-,18-/m0/s1. The second kappa shape index (κ2) is 13.0. The summed E-state index contributed by atoms with van der Waals surface area (Å²) in [5.74, 6) is -2.37. The molecule has 0 radical (unpaired) electrons. The Morgan fingerprint density at radius 2 is 1.74 bits per heavy atom. The van der Waals surface area contributed by atoms with Crippen molar-refractivity contribution < 1.29 is 22.4 Å². The molecule has 0 fully saturated rings. The first-order chi connectivity index (χ1) is 16.5. The fraction of sp³-hybridized carbons (Fsp3) is 0.286. The van der Waals surface area contributed by atoms with E-state index in [0.29, 0.717) is 6.42 Å². The lowest BCUT2D eigenvalue weighted by atomic mass is 10.0. The van der Waals surface area contributed by atoms with Gasteiger partial charge in [0.25, 0.3) is 10.0 Å². The van der Waals surface area contributed by atoms with Crippen LogP contribution in [0.5, 0.6) is 0 Å². The summed E-state index contributed by atoms with van der Waals surface area (Å²) in [4.78, 5) is 30.5. The first-order valence-electron chi connectivity index (χ1n) is 10.4. The Bertz CT molecular complexity index is 1160. The lowest BCUT2D eigenvalue weighted by Crippen LogP contribution is -2.56. The fourth-order valence-electron chi connectivity index (χ4n) is 2.97. The van der Waals surface area contributed by atoms with Gasteiger partial charge in [0, 0.05) is 13.0 Å². The van der Waals surface area contributed by atoms with Crippen LogP contribution in [0, 0.1) is 5.82 Å². The number of nitrogens with two attached hydrogens (primary N) is 3. The number of carbonyl (C=O) groups excluding carboxylic acids is 2. The van der Waals surface area contributed by atoms with Crippen LogP contribution in [0.1, 0.15) is 18.4 Å². The number of nitrogens with zero attached hydrogens (tertiary/aromatic N) is 1. The third kappa shape index (κ3) is 9.13. The van der Waals surface area contributed by atoms with E-state index < -0.39 is 39.7 Å². The monoisotopic (exact) mass is 527 g/mol. The van der Waals surface area contributed by atoms with Crippen molar-refractivity contribution >= 4 is 39.4 Å². The van der Waals surface area contributed by atoms with E-state index in [1.165, 1.54) is 0 Å². The predicted molar refractivity (Wildman–Crippen MR) is 130 cm³/mol. The molecule has 9 N–H and O–H groups in total. The Balaban J connectivity index is 2.15. The summed E-state index contributed by atoms with van der Waals surface area (Å²) < 4.78 is 38.6. The number of primary amides is 1. The van der Waals surface area contributed by atoms with Crippen molar-refractivity contribution in [2.75, 3.05) is 6.54 Å². The Morgan fingerprint density at radius 3 is 2.34 bits per heavy atom. The molecule has 0 aromatic heterocycles. The molecule has 0 spiro atoms. The Morgan fingerprint density at radius 1 is 1.06 bits per heavy atom. The zero-order valence-corrected chi connectivity index (χ0v) is 20.2. The van der Waals surface area contributed by atoms with Crippen molar-refractivity contribution in [2.24, 2.45) is 22.2 Å². The van der Waals surface area contributed by atoms with Gasteiger partial charge in [0.2, 0.25) is 11.8 Å². The summed E-state index contributed by atoms with van der Waals surface area (Å²) in [5, 5.41) is 2.16. The maximum Gasteiger partial charge on any atom is 0.253 e. The number of benzene rings is 2. The second-order valence-electron chi connectivity index (χ2n) is 7.48. The highest BCUT2D eigenvalue weighted by atomic mass is 35.5. The maximum absolute atomic E-state index is 13.4. The quantitative estimate of drug-likeness (QED) is 0.0904. The number of hydrazine groups is 1. The number of aliphatic imine (C=N–C) groups is 1. The van der Waals surface area contributed by atoms with Gasteiger partial charge in [0.15, 0.2) is 5.96 Å². The number of hydrogen-bond acceptors (Lipinski definition) is 6. The summed E-state index contributed by atoms with van der Waals surface area (Å²) >= 11 is 5.67. The molecule has 0 heterocycles. The van der Waals surface area contributed by atoms with E-state index in [4.69, 9.17) is 28.8 Å². The molecule has 0 bridgehead atoms. The molecule has 0 saturated heterocycles. The Kier molecular flexibility index (Phi) is 10.4. The molecule has 11 nitrogen and oxygen atoms in total. The molecule has 2 aromatic rings. The molecule has 0 aliphatic heterocycles. The van der Waals surface area contributed by atoms with Crippen LogP contribution in [-0.4, -0.2) is 44.8 Å². The SMILES string of the molecule is NC(=O)[C@H](Cc1ccccc1)NC(=O)[C@H](CCCN=C(N)N)NNS(=O)(=O)c1ccc(F)c(Cl)c1. The van der Waals surface area contributed by atoms with Crippen molar-refractivity contribution in [1.82, 2.24) is 15.6 Å². The molecular weight excluding hydrogens is 501 g/mol. The predicted octanol–water partition coefficient (Wildman–Crippen LogP) is -0.103. The van der Waals surface area contributed by atoms with Gasteiger partial charge in [-0.3, -0.25) is 14.6 Å². The van der Waals surface area contributed by atoms with Crippen LogP contribution in [0.2, 0.25) is 5.02 Å². The van der Waals surface area contributed by atoms with Crippen LogP contribution >= 0.6 is 11.6 Å². The molecule has 2 rings (SSSR count). The van der Waals surface area contributed by atoms with Crippen molar-refractivity contribution in [2.45, 2.75) is 36.2 Å². The van der Waals surface area contributed by atoms with E-state index in [0.717, 1.165) is 23.8 Å². The minimum atomic E-state index is -4.22. The number of halogens is 2. The summed E-state index contributed by atoms with van der Waals surface area (Å²) in [5.41, 5.74) is 19.3. The molecule has 14 heteroatoms. The number of nitrogens with one attached hydrogen (secondary N) is 3. The van der Waals surface area contributed by atoms with Crippen LogP contribution in [0.15, 0.2) is 58.4 Å². The van der Waals surface area contributed by atoms with Crippen LogP contribution in [-0.2, 0) is 26.0 Å². The zero-order valence-electron chi connectivity index (χ0n) is 18.6. The number of sulfonamides is 1. The van der Waals surface area contributed by atoms with Gasteiger partial charge in [0.05, 0.1) is 9.92 Å². The lowest BCUT2D eigenvalue weighted by molar-refractivity contribution is -0.128. The minimum absolute atomic E-state index is 0.0894. The largest absolute Gasteiger partial charge is 0.370 e. The number of amides is 2. The molecule has 0 aliphatic rings. The van der Waals surface area contributed by atoms with Gasteiger partial charge in [-0.25, -0.2) is 18.2 Å². The van der Waals surface area contributed by atoms with Gasteiger partial charge in [-0.2, -0.15) is 0 Å². The Labute approximate surface area is 207 Å².